The minimum Gasteiger partial charge on any atom is -0.478 e. The third kappa shape index (κ3) is 3.64. The summed E-state index contributed by atoms with van der Waals surface area (Å²) in [5.74, 6) is 0.0399. The molecule has 0 unspecified atom stereocenters. The van der Waals surface area contributed by atoms with Crippen LogP contribution in [-0.4, -0.2) is 54.0 Å². The lowest BCUT2D eigenvalue weighted by Crippen LogP contribution is -2.60. The molecule has 2 heterocycles. The Labute approximate surface area is 170 Å². The highest BCUT2D eigenvalue weighted by Gasteiger charge is 2.52. The van der Waals surface area contributed by atoms with Gasteiger partial charge in [0.2, 0.25) is 0 Å². The van der Waals surface area contributed by atoms with Crippen LogP contribution in [0, 0.1) is 0 Å². The Morgan fingerprint density at radius 2 is 2.00 bits per heavy atom. The SMILES string of the molecule is CC(=O)Oc1ccc2c3c1O[C@@H]1C[C@@](OC(C)=O)(CCC1=O)[C@@H](C2)N(C)CCC3. The zero-order valence-electron chi connectivity index (χ0n) is 17.2. The van der Waals surface area contributed by atoms with E-state index in [0.29, 0.717) is 30.8 Å². The van der Waals surface area contributed by atoms with Crippen LogP contribution < -0.4 is 9.47 Å². The van der Waals surface area contributed by atoms with Crippen LogP contribution in [-0.2, 0) is 32.0 Å². The molecule has 1 aliphatic carbocycles. The molecule has 4 rings (SSSR count). The first-order valence-corrected chi connectivity index (χ1v) is 10.2. The van der Waals surface area contributed by atoms with Crippen molar-refractivity contribution in [1.29, 1.82) is 0 Å². The van der Waals surface area contributed by atoms with Gasteiger partial charge in [-0.05, 0) is 50.9 Å². The number of fused-ring (bicyclic) bond motifs is 4. The van der Waals surface area contributed by atoms with Crippen molar-refractivity contribution in [2.45, 2.75) is 70.1 Å². The Bertz CT molecular complexity index is 865. The molecule has 1 aromatic carbocycles. The van der Waals surface area contributed by atoms with Gasteiger partial charge in [0.1, 0.15) is 5.60 Å². The molecular weight excluding hydrogens is 374 g/mol. The summed E-state index contributed by atoms with van der Waals surface area (Å²) in [6.07, 6.45) is 2.67. The van der Waals surface area contributed by atoms with E-state index >= 15 is 0 Å². The summed E-state index contributed by atoms with van der Waals surface area (Å²) in [5.41, 5.74) is 1.28. The fraction of sp³-hybridized carbons (Fsp3) is 0.591. The van der Waals surface area contributed by atoms with E-state index in [0.717, 1.165) is 30.5 Å². The molecule has 7 nitrogen and oxygen atoms in total. The van der Waals surface area contributed by atoms with Crippen molar-refractivity contribution < 1.29 is 28.6 Å². The van der Waals surface area contributed by atoms with Gasteiger partial charge in [0, 0.05) is 32.3 Å². The highest BCUT2D eigenvalue weighted by molar-refractivity contribution is 5.85. The Balaban J connectivity index is 1.89. The van der Waals surface area contributed by atoms with E-state index in [9.17, 15) is 14.4 Å². The number of hydrogen-bond acceptors (Lipinski definition) is 7. The average Bonchev–Trinajstić information content (AvgIpc) is 2.63. The minimum absolute atomic E-state index is 0.0135. The number of benzene rings is 1. The number of Topliss-reactive ketones (excluding diaryl/α,β-unsaturated/α-hetero) is 1. The highest BCUT2D eigenvalue weighted by atomic mass is 16.6. The molecule has 29 heavy (non-hydrogen) atoms. The zero-order valence-corrected chi connectivity index (χ0v) is 17.2. The Morgan fingerprint density at radius 3 is 2.72 bits per heavy atom. The third-order valence-corrected chi connectivity index (χ3v) is 6.36. The Hall–Kier alpha value is -2.41. The molecule has 0 aromatic heterocycles. The second-order valence-corrected chi connectivity index (χ2v) is 8.36. The summed E-state index contributed by atoms with van der Waals surface area (Å²) in [6.45, 7) is 3.60. The first kappa shape index (κ1) is 19.9. The van der Waals surface area contributed by atoms with Crippen molar-refractivity contribution >= 4 is 17.7 Å². The number of hydrogen-bond donors (Lipinski definition) is 0. The maximum absolute atomic E-state index is 12.7. The van der Waals surface area contributed by atoms with Gasteiger partial charge in [-0.15, -0.1) is 0 Å². The maximum atomic E-state index is 12.7. The summed E-state index contributed by atoms with van der Waals surface area (Å²) in [5, 5.41) is 0. The van der Waals surface area contributed by atoms with E-state index in [1.165, 1.54) is 13.8 Å². The molecule has 0 N–H and O–H groups in total. The lowest BCUT2D eigenvalue weighted by molar-refractivity contribution is -0.177. The minimum atomic E-state index is -0.790. The van der Waals surface area contributed by atoms with Crippen LogP contribution in [0.25, 0.3) is 0 Å². The van der Waals surface area contributed by atoms with Crippen LogP contribution in [0.5, 0.6) is 11.5 Å². The van der Waals surface area contributed by atoms with Crippen LogP contribution in [0.4, 0.5) is 0 Å². The second-order valence-electron chi connectivity index (χ2n) is 8.36. The smallest absolute Gasteiger partial charge is 0.308 e. The molecule has 0 amide bonds. The van der Waals surface area contributed by atoms with Gasteiger partial charge in [0.15, 0.2) is 23.4 Å². The molecule has 3 atom stereocenters. The van der Waals surface area contributed by atoms with Gasteiger partial charge in [-0.2, -0.15) is 0 Å². The molecule has 1 saturated carbocycles. The Morgan fingerprint density at radius 1 is 1.21 bits per heavy atom. The zero-order chi connectivity index (χ0) is 20.8. The van der Waals surface area contributed by atoms with Gasteiger partial charge in [-0.1, -0.05) is 6.07 Å². The number of esters is 2. The second kappa shape index (κ2) is 7.44. The molecule has 2 aliphatic heterocycles. The van der Waals surface area contributed by atoms with Crippen molar-refractivity contribution in [1.82, 2.24) is 4.90 Å². The van der Waals surface area contributed by atoms with Crippen LogP contribution in [0.2, 0.25) is 0 Å². The standard InChI is InChI=1S/C22H27NO6/c1-13(24)27-18-7-6-15-11-20-22(29-14(2)25)9-8-17(26)19(12-22)28-21(18)16(15)5-4-10-23(20)3/h6-7,19-20H,4-5,8-12H2,1-3H3/t19-,20-,22+/m1/s1. The monoisotopic (exact) mass is 401 g/mol. The maximum Gasteiger partial charge on any atom is 0.308 e. The van der Waals surface area contributed by atoms with Gasteiger partial charge in [0.05, 0.1) is 6.04 Å². The van der Waals surface area contributed by atoms with E-state index in [2.05, 4.69) is 11.9 Å². The Kier molecular flexibility index (Phi) is 5.11. The lowest BCUT2D eigenvalue weighted by atomic mass is 9.74. The van der Waals surface area contributed by atoms with E-state index in [-0.39, 0.29) is 24.2 Å². The van der Waals surface area contributed by atoms with Crippen molar-refractivity contribution in [2.24, 2.45) is 0 Å². The molecule has 6 bridgehead atoms. The largest absolute Gasteiger partial charge is 0.478 e. The number of likely N-dealkylation sites (N-methyl/N-ethyl adjacent to an activating group) is 1. The molecule has 0 saturated heterocycles. The number of ether oxygens (including phenoxy) is 3. The first-order valence-electron chi connectivity index (χ1n) is 10.2. The number of nitrogens with zero attached hydrogens (tertiary/aromatic N) is 1. The van der Waals surface area contributed by atoms with Gasteiger partial charge in [-0.3, -0.25) is 19.3 Å². The molecule has 1 aromatic rings. The summed E-state index contributed by atoms with van der Waals surface area (Å²) in [4.78, 5) is 38.7. The molecule has 156 valence electrons. The van der Waals surface area contributed by atoms with Crippen LogP contribution in [0.3, 0.4) is 0 Å². The van der Waals surface area contributed by atoms with Gasteiger partial charge >= 0.3 is 11.9 Å². The van der Waals surface area contributed by atoms with E-state index in [1.54, 1.807) is 6.07 Å². The highest BCUT2D eigenvalue weighted by Crippen LogP contribution is 2.45. The van der Waals surface area contributed by atoms with Crippen LogP contribution in [0.15, 0.2) is 12.1 Å². The summed E-state index contributed by atoms with van der Waals surface area (Å²) in [6, 6.07) is 3.65. The third-order valence-electron chi connectivity index (χ3n) is 6.36. The molecule has 0 radical (unpaired) electrons. The van der Waals surface area contributed by atoms with Crippen molar-refractivity contribution in [3.63, 3.8) is 0 Å². The summed E-state index contributed by atoms with van der Waals surface area (Å²) >= 11 is 0. The topological polar surface area (TPSA) is 82.1 Å². The number of carbonyl (C=O) groups excluding carboxylic acids is 3. The predicted molar refractivity (Wildman–Crippen MR) is 104 cm³/mol. The van der Waals surface area contributed by atoms with Crippen molar-refractivity contribution in [3.05, 3.63) is 23.3 Å². The van der Waals surface area contributed by atoms with Gasteiger partial charge < -0.3 is 14.2 Å². The fourth-order valence-electron chi connectivity index (χ4n) is 5.11. The predicted octanol–water partition coefficient (Wildman–Crippen LogP) is 2.22. The number of ketones is 1. The van der Waals surface area contributed by atoms with Gasteiger partial charge in [-0.25, -0.2) is 0 Å². The average molecular weight is 401 g/mol. The number of carbonyl (C=O) groups is 3. The summed E-state index contributed by atoms with van der Waals surface area (Å²) in [7, 11) is 2.05. The number of rotatable bonds is 2. The quantitative estimate of drug-likeness (QED) is 0.555. The first-order chi connectivity index (χ1) is 13.8. The molecule has 3 aliphatic rings. The summed E-state index contributed by atoms with van der Waals surface area (Å²) < 4.78 is 17.6. The van der Waals surface area contributed by atoms with E-state index in [1.807, 2.05) is 6.07 Å². The van der Waals surface area contributed by atoms with E-state index in [4.69, 9.17) is 14.2 Å². The fourth-order valence-corrected chi connectivity index (χ4v) is 5.11. The molecule has 7 heteroatoms. The van der Waals surface area contributed by atoms with Crippen LogP contribution >= 0.6 is 0 Å². The molecule has 0 spiro atoms. The molecule has 1 fully saturated rings. The van der Waals surface area contributed by atoms with Crippen LogP contribution in [0.1, 0.15) is 50.7 Å². The van der Waals surface area contributed by atoms with E-state index < -0.39 is 17.7 Å². The van der Waals surface area contributed by atoms with Crippen molar-refractivity contribution in [3.8, 4) is 11.5 Å². The van der Waals surface area contributed by atoms with Gasteiger partial charge in [0.25, 0.3) is 0 Å². The lowest BCUT2D eigenvalue weighted by Gasteiger charge is -2.47. The normalized spacial score (nSPS) is 28.9. The van der Waals surface area contributed by atoms with Crippen molar-refractivity contribution in [2.75, 3.05) is 13.6 Å². The molecular formula is C22H27NO6.